The summed E-state index contributed by atoms with van der Waals surface area (Å²) in [5.41, 5.74) is 3.77. The van der Waals surface area contributed by atoms with E-state index in [0.29, 0.717) is 12.0 Å². The number of fused-ring (bicyclic) bond motifs is 4. The maximum Gasteiger partial charge on any atom is 0.332 e. The molecule has 2 atom stereocenters. The number of imide groups is 1. The van der Waals surface area contributed by atoms with Crippen molar-refractivity contribution in [3.63, 3.8) is 0 Å². The van der Waals surface area contributed by atoms with Crippen molar-refractivity contribution >= 4 is 34.4 Å². The van der Waals surface area contributed by atoms with Gasteiger partial charge in [0.05, 0.1) is 11.3 Å². The number of aromatic nitrogens is 1. The molecule has 0 unspecified atom stereocenters. The molecule has 3 heterocycles. The zero-order valence-electron chi connectivity index (χ0n) is 19.8. The Balaban J connectivity index is 1.49. The molecule has 3 aromatic carbocycles. The van der Waals surface area contributed by atoms with Gasteiger partial charge in [0.15, 0.2) is 0 Å². The van der Waals surface area contributed by atoms with Crippen molar-refractivity contribution < 1.29 is 18.8 Å². The first kappa shape index (κ1) is 22.7. The van der Waals surface area contributed by atoms with E-state index in [9.17, 15) is 18.8 Å². The lowest BCUT2D eigenvalue weighted by Gasteiger charge is -2.36. The Morgan fingerprint density at radius 3 is 2.57 bits per heavy atom. The monoisotopic (exact) mass is 494 g/mol. The Bertz CT molecular complexity index is 1580. The number of rotatable bonds is 5. The number of halogens is 1. The van der Waals surface area contributed by atoms with Crippen molar-refractivity contribution in [3.05, 3.63) is 114 Å². The van der Waals surface area contributed by atoms with Crippen LogP contribution in [0.1, 0.15) is 33.2 Å². The molecule has 0 bridgehead atoms. The van der Waals surface area contributed by atoms with Gasteiger partial charge in [-0.3, -0.25) is 14.5 Å². The number of carbonyl (C=O) groups excluding carboxylic acids is 3. The normalized spacial score (nSPS) is 18.6. The molecule has 0 saturated carbocycles. The first-order valence-corrected chi connectivity index (χ1v) is 12.0. The summed E-state index contributed by atoms with van der Waals surface area (Å²) in [7, 11) is 0. The van der Waals surface area contributed by atoms with Crippen LogP contribution in [0.5, 0.6) is 0 Å². The van der Waals surface area contributed by atoms with Crippen molar-refractivity contribution in [2.75, 3.05) is 11.4 Å². The number of anilines is 1. The fourth-order valence-corrected chi connectivity index (χ4v) is 5.41. The van der Waals surface area contributed by atoms with Crippen molar-refractivity contribution in [2.24, 2.45) is 0 Å². The summed E-state index contributed by atoms with van der Waals surface area (Å²) in [6.07, 6.45) is 1.88. The molecule has 0 aliphatic carbocycles. The van der Waals surface area contributed by atoms with Crippen LogP contribution in [-0.4, -0.2) is 40.3 Å². The molecule has 6 rings (SSSR count). The summed E-state index contributed by atoms with van der Waals surface area (Å²) in [6, 6.07) is 18.4. The van der Waals surface area contributed by atoms with Crippen LogP contribution in [0, 0.1) is 5.82 Å². The van der Waals surface area contributed by atoms with E-state index in [4.69, 9.17) is 0 Å². The standard InChI is InChI=1S/C29H23FN4O3/c1-2-15-31-27(35)20-8-4-6-10-23(20)34-28(36)24-16-21-19-7-3-5-9-22(19)32-25(21)26(33(24)29(34)37)17-11-13-18(30)14-12-17/h2-14,24,26,32H,1,15-16H2,(H,31,35)/t24-,26+/m0/s1. The smallest absolute Gasteiger partial charge is 0.332 e. The Morgan fingerprint density at radius 2 is 1.78 bits per heavy atom. The average Bonchev–Trinajstić information content (AvgIpc) is 3.41. The molecule has 2 N–H and O–H groups in total. The van der Waals surface area contributed by atoms with Gasteiger partial charge in [-0.2, -0.15) is 0 Å². The summed E-state index contributed by atoms with van der Waals surface area (Å²) in [4.78, 5) is 46.8. The summed E-state index contributed by atoms with van der Waals surface area (Å²) >= 11 is 0. The van der Waals surface area contributed by atoms with Crippen LogP contribution < -0.4 is 10.2 Å². The second-order valence-electron chi connectivity index (χ2n) is 9.12. The van der Waals surface area contributed by atoms with E-state index >= 15 is 0 Å². The number of nitrogens with zero attached hydrogens (tertiary/aromatic N) is 2. The van der Waals surface area contributed by atoms with Crippen molar-refractivity contribution in [3.8, 4) is 0 Å². The number of para-hydroxylation sites is 2. The number of aromatic amines is 1. The third kappa shape index (κ3) is 3.52. The van der Waals surface area contributed by atoms with Crippen LogP contribution in [0.3, 0.4) is 0 Å². The molecule has 1 aromatic heterocycles. The molecule has 7 nitrogen and oxygen atoms in total. The highest BCUT2D eigenvalue weighted by molar-refractivity contribution is 6.24. The predicted molar refractivity (Wildman–Crippen MR) is 138 cm³/mol. The number of hydrogen-bond donors (Lipinski definition) is 2. The van der Waals surface area contributed by atoms with Crippen LogP contribution in [0.2, 0.25) is 0 Å². The molecule has 0 spiro atoms. The first-order valence-electron chi connectivity index (χ1n) is 12.0. The maximum atomic E-state index is 14.0. The van der Waals surface area contributed by atoms with E-state index < -0.39 is 35.7 Å². The number of urea groups is 1. The topological polar surface area (TPSA) is 85.5 Å². The molecular weight excluding hydrogens is 471 g/mol. The van der Waals surface area contributed by atoms with Crippen molar-refractivity contribution in [2.45, 2.75) is 18.5 Å². The third-order valence-electron chi connectivity index (χ3n) is 7.03. The van der Waals surface area contributed by atoms with Gasteiger partial charge in [-0.25, -0.2) is 14.1 Å². The van der Waals surface area contributed by atoms with E-state index in [1.54, 1.807) is 47.4 Å². The minimum absolute atomic E-state index is 0.216. The summed E-state index contributed by atoms with van der Waals surface area (Å²) < 4.78 is 13.8. The highest BCUT2D eigenvalue weighted by Crippen LogP contribution is 2.45. The number of amides is 4. The molecule has 1 fully saturated rings. The Morgan fingerprint density at radius 1 is 1.05 bits per heavy atom. The Kier molecular flexibility index (Phi) is 5.37. The lowest BCUT2D eigenvalue weighted by Crippen LogP contribution is -2.44. The zero-order valence-corrected chi connectivity index (χ0v) is 19.8. The fourth-order valence-electron chi connectivity index (χ4n) is 5.41. The lowest BCUT2D eigenvalue weighted by molar-refractivity contribution is -0.120. The van der Waals surface area contributed by atoms with E-state index in [2.05, 4.69) is 16.9 Å². The Hall–Kier alpha value is -4.72. The number of nitrogens with one attached hydrogen (secondary N) is 2. The highest BCUT2D eigenvalue weighted by atomic mass is 19.1. The van der Waals surface area contributed by atoms with Crippen LogP contribution >= 0.6 is 0 Å². The molecule has 0 radical (unpaired) electrons. The van der Waals surface area contributed by atoms with Crippen LogP contribution in [0.15, 0.2) is 85.5 Å². The van der Waals surface area contributed by atoms with Crippen LogP contribution in [-0.2, 0) is 11.2 Å². The van der Waals surface area contributed by atoms with E-state index in [1.807, 2.05) is 24.3 Å². The van der Waals surface area contributed by atoms with Crippen molar-refractivity contribution in [1.82, 2.24) is 15.2 Å². The quantitative estimate of drug-likeness (QED) is 0.311. The zero-order chi connectivity index (χ0) is 25.7. The van der Waals surface area contributed by atoms with E-state index in [-0.39, 0.29) is 17.8 Å². The molecule has 4 amide bonds. The minimum atomic E-state index is -0.779. The van der Waals surface area contributed by atoms with Gasteiger partial charge in [-0.05, 0) is 41.5 Å². The van der Waals surface area contributed by atoms with Crippen LogP contribution in [0.4, 0.5) is 14.9 Å². The Labute approximate surface area is 212 Å². The summed E-state index contributed by atoms with van der Waals surface area (Å²) in [6.45, 7) is 3.86. The second kappa shape index (κ2) is 8.74. The number of H-pyrrole nitrogens is 1. The summed E-state index contributed by atoms with van der Waals surface area (Å²) in [5, 5.41) is 3.69. The van der Waals surface area contributed by atoms with Gasteiger partial charge >= 0.3 is 6.03 Å². The third-order valence-corrected chi connectivity index (χ3v) is 7.03. The van der Waals surface area contributed by atoms with E-state index in [1.165, 1.54) is 12.1 Å². The van der Waals surface area contributed by atoms with Crippen molar-refractivity contribution in [1.29, 1.82) is 0 Å². The number of benzene rings is 3. The largest absolute Gasteiger partial charge is 0.356 e. The van der Waals surface area contributed by atoms with Gasteiger partial charge in [-0.15, -0.1) is 6.58 Å². The molecule has 184 valence electrons. The minimum Gasteiger partial charge on any atom is -0.356 e. The number of hydrogen-bond acceptors (Lipinski definition) is 3. The predicted octanol–water partition coefficient (Wildman–Crippen LogP) is 4.71. The molecule has 2 aliphatic rings. The van der Waals surface area contributed by atoms with Gasteiger partial charge in [0.25, 0.3) is 11.8 Å². The molecule has 2 aliphatic heterocycles. The van der Waals surface area contributed by atoms with Gasteiger partial charge in [0, 0.05) is 29.6 Å². The molecule has 1 saturated heterocycles. The van der Waals surface area contributed by atoms with Gasteiger partial charge < -0.3 is 10.3 Å². The summed E-state index contributed by atoms with van der Waals surface area (Å²) in [5.74, 6) is -1.21. The highest BCUT2D eigenvalue weighted by Gasteiger charge is 2.53. The lowest BCUT2D eigenvalue weighted by atomic mass is 9.89. The van der Waals surface area contributed by atoms with Crippen LogP contribution in [0.25, 0.3) is 10.9 Å². The molecule has 4 aromatic rings. The molecule has 37 heavy (non-hydrogen) atoms. The molecule has 8 heteroatoms. The second-order valence-corrected chi connectivity index (χ2v) is 9.12. The van der Waals surface area contributed by atoms with Gasteiger partial charge in [0.2, 0.25) is 0 Å². The van der Waals surface area contributed by atoms with Gasteiger partial charge in [0.1, 0.15) is 17.9 Å². The maximum absolute atomic E-state index is 14.0. The fraction of sp³-hybridized carbons (Fsp3) is 0.138. The SMILES string of the molecule is C=CCNC(=O)c1ccccc1N1C(=O)[C@@H]2Cc3c([nH]c4ccccc34)[C@@H](c3ccc(F)cc3)N2C1=O. The first-order chi connectivity index (χ1) is 18.0. The van der Waals surface area contributed by atoms with Gasteiger partial charge in [-0.1, -0.05) is 48.5 Å². The number of carbonyl (C=O) groups is 3. The van der Waals surface area contributed by atoms with E-state index in [0.717, 1.165) is 27.1 Å². The average molecular weight is 495 g/mol. The molecular formula is C29H23FN4O3.